The van der Waals surface area contributed by atoms with E-state index in [0.29, 0.717) is 32.8 Å². The van der Waals surface area contributed by atoms with Crippen molar-refractivity contribution in [2.24, 2.45) is 0 Å². The number of benzene rings is 2. The normalized spacial score (nSPS) is 11.1. The SMILES string of the molecule is COc1cc2nc(SC(C)C)n(-c3ccccc3)c(=O)c2cc1OC. The third kappa shape index (κ3) is 3.35. The summed E-state index contributed by atoms with van der Waals surface area (Å²) >= 11 is 1.55. The van der Waals surface area contributed by atoms with Gasteiger partial charge in [0.2, 0.25) is 0 Å². The number of thioether (sulfide) groups is 1. The summed E-state index contributed by atoms with van der Waals surface area (Å²) < 4.78 is 12.3. The first-order valence-corrected chi connectivity index (χ1v) is 8.84. The fourth-order valence-electron chi connectivity index (χ4n) is 2.59. The summed E-state index contributed by atoms with van der Waals surface area (Å²) in [7, 11) is 3.12. The largest absolute Gasteiger partial charge is 0.493 e. The van der Waals surface area contributed by atoms with Crippen LogP contribution in [-0.4, -0.2) is 29.0 Å². The number of fused-ring (bicyclic) bond motifs is 1. The minimum atomic E-state index is -0.125. The summed E-state index contributed by atoms with van der Waals surface area (Å²) in [6.07, 6.45) is 0. The standard InChI is InChI=1S/C19H20N2O3S/c1-12(2)25-19-20-15-11-17(24-4)16(23-3)10-14(15)18(22)21(19)13-8-6-5-7-9-13/h5-12H,1-4H3. The number of hydrogen-bond acceptors (Lipinski definition) is 5. The number of hydrogen-bond donors (Lipinski definition) is 0. The van der Waals surface area contributed by atoms with Crippen LogP contribution in [-0.2, 0) is 0 Å². The topological polar surface area (TPSA) is 53.4 Å². The van der Waals surface area contributed by atoms with Gasteiger partial charge in [-0.3, -0.25) is 9.36 Å². The summed E-state index contributed by atoms with van der Waals surface area (Å²) in [5, 5.41) is 1.44. The quantitative estimate of drug-likeness (QED) is 0.512. The predicted molar refractivity (Wildman–Crippen MR) is 101 cm³/mol. The highest BCUT2D eigenvalue weighted by atomic mass is 32.2. The van der Waals surface area contributed by atoms with E-state index in [0.717, 1.165) is 5.69 Å². The summed E-state index contributed by atoms with van der Waals surface area (Å²) in [5.74, 6) is 1.07. The lowest BCUT2D eigenvalue weighted by molar-refractivity contribution is 0.355. The second kappa shape index (κ2) is 7.19. The summed E-state index contributed by atoms with van der Waals surface area (Å²) in [5.41, 5.74) is 1.26. The molecule has 1 aromatic heterocycles. The first-order chi connectivity index (χ1) is 12.0. The van der Waals surface area contributed by atoms with Crippen molar-refractivity contribution in [3.63, 3.8) is 0 Å². The number of aromatic nitrogens is 2. The summed E-state index contributed by atoms with van der Waals surface area (Å²) in [6, 6.07) is 13.0. The molecule has 6 heteroatoms. The number of rotatable bonds is 5. The molecule has 0 atom stereocenters. The van der Waals surface area contributed by atoms with Crippen LogP contribution in [0.5, 0.6) is 11.5 Å². The Labute approximate surface area is 150 Å². The molecule has 5 nitrogen and oxygen atoms in total. The lowest BCUT2D eigenvalue weighted by Gasteiger charge is -2.15. The zero-order valence-corrected chi connectivity index (χ0v) is 15.5. The van der Waals surface area contributed by atoms with Crippen LogP contribution in [0.4, 0.5) is 0 Å². The molecular weight excluding hydrogens is 336 g/mol. The summed E-state index contributed by atoms with van der Waals surface area (Å²) in [6.45, 7) is 4.15. The van der Waals surface area contributed by atoms with E-state index in [1.54, 1.807) is 42.7 Å². The van der Waals surface area contributed by atoms with Crippen LogP contribution in [0.25, 0.3) is 16.6 Å². The van der Waals surface area contributed by atoms with Gasteiger partial charge in [-0.15, -0.1) is 0 Å². The van der Waals surface area contributed by atoms with Crippen molar-refractivity contribution in [2.75, 3.05) is 14.2 Å². The first kappa shape index (κ1) is 17.4. The van der Waals surface area contributed by atoms with Crippen molar-refractivity contribution in [3.8, 4) is 17.2 Å². The van der Waals surface area contributed by atoms with Crippen LogP contribution in [0.3, 0.4) is 0 Å². The van der Waals surface area contributed by atoms with Gasteiger partial charge < -0.3 is 9.47 Å². The highest BCUT2D eigenvalue weighted by Crippen LogP contribution is 2.32. The Morgan fingerprint density at radius 3 is 2.28 bits per heavy atom. The van der Waals surface area contributed by atoms with Crippen molar-refractivity contribution in [1.29, 1.82) is 0 Å². The Morgan fingerprint density at radius 1 is 1.04 bits per heavy atom. The Balaban J connectivity index is 2.36. The average Bonchev–Trinajstić information content (AvgIpc) is 2.61. The van der Waals surface area contributed by atoms with Gasteiger partial charge in [-0.25, -0.2) is 4.98 Å². The number of para-hydroxylation sites is 1. The van der Waals surface area contributed by atoms with Gasteiger partial charge in [0.25, 0.3) is 5.56 Å². The molecule has 0 bridgehead atoms. The van der Waals surface area contributed by atoms with Crippen molar-refractivity contribution >= 4 is 22.7 Å². The molecule has 0 aliphatic heterocycles. The van der Waals surface area contributed by atoms with Crippen molar-refractivity contribution in [1.82, 2.24) is 9.55 Å². The second-order valence-electron chi connectivity index (χ2n) is 5.76. The number of ether oxygens (including phenoxy) is 2. The predicted octanol–water partition coefficient (Wildman–Crippen LogP) is 3.90. The van der Waals surface area contributed by atoms with Gasteiger partial charge in [0.1, 0.15) is 0 Å². The number of nitrogens with zero attached hydrogens (tertiary/aromatic N) is 2. The molecule has 0 saturated heterocycles. The maximum Gasteiger partial charge on any atom is 0.266 e. The van der Waals surface area contributed by atoms with Crippen LogP contribution in [0, 0.1) is 0 Å². The lowest BCUT2D eigenvalue weighted by Crippen LogP contribution is -2.22. The fourth-order valence-corrected chi connectivity index (χ4v) is 3.45. The van der Waals surface area contributed by atoms with Gasteiger partial charge in [-0.1, -0.05) is 43.8 Å². The van der Waals surface area contributed by atoms with Crippen molar-refractivity contribution < 1.29 is 9.47 Å². The first-order valence-electron chi connectivity index (χ1n) is 7.96. The molecule has 0 saturated carbocycles. The Morgan fingerprint density at radius 2 is 1.68 bits per heavy atom. The van der Waals surface area contributed by atoms with Crippen molar-refractivity contribution in [2.45, 2.75) is 24.3 Å². The minimum absolute atomic E-state index is 0.125. The monoisotopic (exact) mass is 356 g/mol. The molecule has 0 aliphatic rings. The molecule has 25 heavy (non-hydrogen) atoms. The molecule has 1 heterocycles. The molecular formula is C19H20N2O3S. The molecule has 0 radical (unpaired) electrons. The Bertz CT molecular complexity index is 952. The van der Waals surface area contributed by atoms with Crippen LogP contribution < -0.4 is 15.0 Å². The molecule has 0 fully saturated rings. The lowest BCUT2D eigenvalue weighted by atomic mass is 10.2. The van der Waals surface area contributed by atoms with E-state index in [9.17, 15) is 4.79 Å². The van der Waals surface area contributed by atoms with Crippen LogP contribution in [0.1, 0.15) is 13.8 Å². The highest BCUT2D eigenvalue weighted by molar-refractivity contribution is 7.99. The van der Waals surface area contributed by atoms with E-state index in [1.165, 1.54) is 0 Å². The minimum Gasteiger partial charge on any atom is -0.493 e. The van der Waals surface area contributed by atoms with Crippen LogP contribution >= 0.6 is 11.8 Å². The van der Waals surface area contributed by atoms with Gasteiger partial charge in [0.15, 0.2) is 16.7 Å². The average molecular weight is 356 g/mol. The fraction of sp³-hybridized carbons (Fsp3) is 0.263. The maximum absolute atomic E-state index is 13.2. The van der Waals surface area contributed by atoms with Gasteiger partial charge in [0, 0.05) is 11.3 Å². The molecule has 3 aromatic rings. The van der Waals surface area contributed by atoms with Crippen molar-refractivity contribution in [3.05, 3.63) is 52.8 Å². The molecule has 2 aromatic carbocycles. The third-order valence-electron chi connectivity index (χ3n) is 3.70. The molecule has 0 unspecified atom stereocenters. The zero-order valence-electron chi connectivity index (χ0n) is 14.6. The smallest absolute Gasteiger partial charge is 0.266 e. The third-order valence-corrected chi connectivity index (χ3v) is 4.65. The molecule has 0 aliphatic carbocycles. The molecule has 0 spiro atoms. The van der Waals surface area contributed by atoms with Crippen LogP contribution in [0.15, 0.2) is 52.4 Å². The van der Waals surface area contributed by atoms with Gasteiger partial charge in [-0.2, -0.15) is 0 Å². The van der Waals surface area contributed by atoms with E-state index in [2.05, 4.69) is 13.8 Å². The van der Waals surface area contributed by atoms with Gasteiger partial charge in [-0.05, 0) is 18.2 Å². The van der Waals surface area contributed by atoms with E-state index in [-0.39, 0.29) is 5.56 Å². The molecule has 0 amide bonds. The van der Waals surface area contributed by atoms with E-state index >= 15 is 0 Å². The second-order valence-corrected chi connectivity index (χ2v) is 7.31. The zero-order chi connectivity index (χ0) is 18.0. The maximum atomic E-state index is 13.2. The Kier molecular flexibility index (Phi) is 4.99. The highest BCUT2D eigenvalue weighted by Gasteiger charge is 2.17. The van der Waals surface area contributed by atoms with E-state index < -0.39 is 0 Å². The Hall–Kier alpha value is -2.47. The van der Waals surface area contributed by atoms with Gasteiger partial charge in [0.05, 0.1) is 30.8 Å². The number of methoxy groups -OCH3 is 2. The molecule has 130 valence electrons. The van der Waals surface area contributed by atoms with Gasteiger partial charge >= 0.3 is 0 Å². The summed E-state index contributed by atoms with van der Waals surface area (Å²) in [4.78, 5) is 17.9. The van der Waals surface area contributed by atoms with E-state index in [4.69, 9.17) is 14.5 Å². The molecule has 3 rings (SSSR count). The van der Waals surface area contributed by atoms with Crippen LogP contribution in [0.2, 0.25) is 0 Å². The molecule has 0 N–H and O–H groups in total. The van der Waals surface area contributed by atoms with E-state index in [1.807, 2.05) is 30.3 Å².